The van der Waals surface area contributed by atoms with Gasteiger partial charge in [-0.3, -0.25) is 29.1 Å². The number of esters is 1. The van der Waals surface area contributed by atoms with Gasteiger partial charge in [0, 0.05) is 39.6 Å². The number of nitrogens with one attached hydrogen (secondary N) is 4. The lowest BCUT2D eigenvalue weighted by atomic mass is 9.66. The average molecular weight is 993 g/mol. The lowest BCUT2D eigenvalue weighted by molar-refractivity contribution is -0.323. The Morgan fingerprint density at radius 2 is 1.84 bits per heavy atom. The summed E-state index contributed by atoms with van der Waals surface area (Å²) in [5.74, 6) is -4.11. The number of methoxy groups -OCH3 is 1. The van der Waals surface area contributed by atoms with E-state index >= 15 is 4.79 Å². The Bertz CT molecular complexity index is 2010. The molecular formula is C40H64N8O19S. The maximum atomic E-state index is 15.2. The number of likely N-dealkylation sites (tertiary alicyclic amines) is 1. The summed E-state index contributed by atoms with van der Waals surface area (Å²) in [6.45, 7) is 4.21. The standard InChI is InChI=1S/C40H64N8O19S/c1-5-6-7-8-26(50)65-30-29(66-38(43)56)28(51)24(17-49)64-36(30)63-21-14-23-32(52)40(15-21)31(46-39(57)67-40)27(34(54)44-11-9-20-10-12-47(16-20)37(41)42)48(23)35(55)22(13-19(2)3)45-33(53)25(61-4)18-62-68(58,59)60/h10,19,21-25,27-32,36,49,51-52H,5-9,11-18H2,1-4H3,(H3,41,42)(H2,43,56)(H,44,54)(H,45,53)(H,46,57)(H,58,59,60)/t21-,22-,23+,24-,25?,27-,28-,29+,30-,31+,32?,36+,40-/m1/s1. The van der Waals surface area contributed by atoms with Crippen LogP contribution < -0.4 is 27.4 Å². The number of hydrogen-bond acceptors (Lipinski definition) is 19. The van der Waals surface area contributed by atoms with E-state index in [2.05, 4.69) is 20.1 Å². The summed E-state index contributed by atoms with van der Waals surface area (Å²) in [5, 5.41) is 49.2. The molecule has 27 nitrogen and oxygen atoms in total. The number of carbonyl (C=O) groups excluding carboxylic acids is 6. The largest absolute Gasteiger partial charge is 0.453 e. The van der Waals surface area contributed by atoms with Crippen LogP contribution in [-0.4, -0.2) is 199 Å². The minimum atomic E-state index is -5.03. The van der Waals surface area contributed by atoms with Gasteiger partial charge in [0.2, 0.25) is 11.8 Å². The molecule has 2 unspecified atom stereocenters. The SMILES string of the molecule is CCCCCC(=O)O[C@H]1[C@@H](O[C@@H]2C[C@H]3C(O)[C@]4(C2)OC(=O)N[C@H]4[C@H](C(=O)NCCC2=CCN(C(=N)N)C2)N3C(=O)[C@@H](CC(C)C)NC(=O)C(COS(=O)(=O)O)OC)O[C@H](CO)[C@@H](O)[C@@H]1OC(N)=O. The topological polar surface area (TPSA) is 401 Å². The molecule has 4 heterocycles. The predicted molar refractivity (Wildman–Crippen MR) is 230 cm³/mol. The first kappa shape index (κ1) is 54.0. The van der Waals surface area contributed by atoms with Crippen LogP contribution in [0.5, 0.6) is 0 Å². The van der Waals surface area contributed by atoms with Crippen molar-refractivity contribution >= 4 is 52.2 Å². The van der Waals surface area contributed by atoms with Crippen LogP contribution in [-0.2, 0) is 62.2 Å². The van der Waals surface area contributed by atoms with E-state index in [-0.39, 0.29) is 37.7 Å². The molecule has 1 spiro atoms. The molecule has 4 fully saturated rings. The Labute approximate surface area is 392 Å². The lowest BCUT2D eigenvalue weighted by Gasteiger charge is -2.58. The third kappa shape index (κ3) is 12.8. The van der Waals surface area contributed by atoms with Gasteiger partial charge in [-0.2, -0.15) is 8.42 Å². The van der Waals surface area contributed by atoms with E-state index in [0.717, 1.165) is 24.0 Å². The minimum absolute atomic E-state index is 0.00184. The molecule has 0 aromatic heterocycles. The first-order valence-corrected chi connectivity index (χ1v) is 23.6. The van der Waals surface area contributed by atoms with Crippen LogP contribution in [0.2, 0.25) is 0 Å². The van der Waals surface area contributed by atoms with Gasteiger partial charge in [0.25, 0.3) is 5.91 Å². The Morgan fingerprint density at radius 1 is 1.12 bits per heavy atom. The van der Waals surface area contributed by atoms with E-state index in [0.29, 0.717) is 32.4 Å². The highest BCUT2D eigenvalue weighted by molar-refractivity contribution is 7.80. The number of amides is 5. The van der Waals surface area contributed by atoms with Crippen LogP contribution in [0.1, 0.15) is 72.1 Å². The van der Waals surface area contributed by atoms with Gasteiger partial charge >= 0.3 is 28.6 Å². The summed E-state index contributed by atoms with van der Waals surface area (Å²) in [6.07, 6.45) is -12.6. The normalized spacial score (nSPS) is 30.8. The highest BCUT2D eigenvalue weighted by Gasteiger charge is 2.70. The first-order valence-electron chi connectivity index (χ1n) is 22.3. The Kier molecular flexibility index (Phi) is 18.4. The number of rotatable bonds is 22. The molecule has 2 bridgehead atoms. The van der Waals surface area contributed by atoms with Crippen LogP contribution in [0.4, 0.5) is 9.59 Å². The van der Waals surface area contributed by atoms with E-state index in [1.165, 1.54) is 0 Å². The highest BCUT2D eigenvalue weighted by atomic mass is 32.3. The molecular weight excluding hydrogens is 929 g/mol. The number of nitrogens with zero attached hydrogens (tertiary/aromatic N) is 2. The average Bonchev–Trinajstić information content (AvgIpc) is 3.86. The number of fused-ring (bicyclic) bond motifs is 1. The Balaban J connectivity index is 1.54. The molecule has 0 aromatic carbocycles. The number of alkyl carbamates (subject to hydrolysis) is 1. The van der Waals surface area contributed by atoms with E-state index < -0.39 is 145 Å². The Morgan fingerprint density at radius 3 is 2.44 bits per heavy atom. The summed E-state index contributed by atoms with van der Waals surface area (Å²) in [4.78, 5) is 84.7. The number of primary amides is 1. The first-order chi connectivity index (χ1) is 32.0. The second kappa shape index (κ2) is 23.1. The van der Waals surface area contributed by atoms with E-state index in [1.54, 1.807) is 18.7 Å². The second-order valence-electron chi connectivity index (χ2n) is 17.7. The zero-order valence-electron chi connectivity index (χ0n) is 38.1. The summed E-state index contributed by atoms with van der Waals surface area (Å²) >= 11 is 0. The van der Waals surface area contributed by atoms with Crippen molar-refractivity contribution in [1.82, 2.24) is 25.8 Å². The van der Waals surface area contributed by atoms with Gasteiger partial charge in [0.05, 0.1) is 18.8 Å². The van der Waals surface area contributed by atoms with Gasteiger partial charge in [-0.15, -0.1) is 0 Å². The molecule has 0 radical (unpaired) electrons. The number of piperidine rings is 1. The molecule has 13 atom stereocenters. The number of hydrogen-bond donors (Lipinski definition) is 10. The number of aliphatic hydroxyl groups excluding tert-OH is 3. The van der Waals surface area contributed by atoms with Crippen molar-refractivity contribution in [3.05, 3.63) is 11.6 Å². The van der Waals surface area contributed by atoms with Gasteiger partial charge in [0.15, 0.2) is 36.2 Å². The van der Waals surface area contributed by atoms with Crippen LogP contribution in [0, 0.1) is 11.3 Å². The lowest BCUT2D eigenvalue weighted by Crippen LogP contribution is -2.80. The number of guanidine groups is 1. The van der Waals surface area contributed by atoms with Gasteiger partial charge < -0.3 is 81.0 Å². The molecule has 5 rings (SSSR count). The molecule has 384 valence electrons. The van der Waals surface area contributed by atoms with E-state index in [4.69, 9.17) is 49.9 Å². The van der Waals surface area contributed by atoms with E-state index in [1.807, 2.05) is 13.0 Å². The third-order valence-corrected chi connectivity index (χ3v) is 12.9. The number of carbonyl (C=O) groups is 6. The molecule has 5 aliphatic rings. The predicted octanol–water partition coefficient (Wildman–Crippen LogP) is -3.01. The quantitative estimate of drug-likeness (QED) is 0.00982. The fraction of sp³-hybridized carbons (Fsp3) is 0.775. The fourth-order valence-electron chi connectivity index (χ4n) is 9.30. The molecule has 3 saturated heterocycles. The fourth-order valence-corrected chi connectivity index (χ4v) is 9.60. The second-order valence-corrected chi connectivity index (χ2v) is 18.8. The van der Waals surface area contributed by atoms with Crippen molar-refractivity contribution in [3.63, 3.8) is 0 Å². The molecule has 5 amide bonds. The van der Waals surface area contributed by atoms with Crippen molar-refractivity contribution in [3.8, 4) is 0 Å². The van der Waals surface area contributed by atoms with Crippen LogP contribution in [0.25, 0.3) is 0 Å². The molecule has 0 aromatic rings. The van der Waals surface area contributed by atoms with Crippen molar-refractivity contribution in [2.24, 2.45) is 17.4 Å². The number of nitrogens with two attached hydrogens (primary N) is 2. The summed E-state index contributed by atoms with van der Waals surface area (Å²) in [7, 11) is -3.98. The Hall–Kier alpha value is -4.94. The van der Waals surface area contributed by atoms with E-state index in [9.17, 15) is 47.7 Å². The summed E-state index contributed by atoms with van der Waals surface area (Å²) in [6, 6.07) is -6.17. The van der Waals surface area contributed by atoms with Crippen molar-refractivity contribution < 1.29 is 89.7 Å². The minimum Gasteiger partial charge on any atom is -0.453 e. The molecule has 12 N–H and O–H groups in total. The number of aliphatic hydroxyl groups is 3. The van der Waals surface area contributed by atoms with Gasteiger partial charge in [-0.05, 0) is 31.6 Å². The monoisotopic (exact) mass is 992 g/mol. The van der Waals surface area contributed by atoms with Gasteiger partial charge in [-0.25, -0.2) is 13.8 Å². The maximum Gasteiger partial charge on any atom is 0.408 e. The molecule has 28 heteroatoms. The van der Waals surface area contributed by atoms with Crippen LogP contribution >= 0.6 is 0 Å². The number of unbranched alkanes of at least 4 members (excludes halogenated alkanes) is 2. The van der Waals surface area contributed by atoms with Crippen molar-refractivity contribution in [2.75, 3.05) is 40.0 Å². The zero-order chi connectivity index (χ0) is 50.2. The summed E-state index contributed by atoms with van der Waals surface area (Å²) < 4.78 is 70.3. The summed E-state index contributed by atoms with van der Waals surface area (Å²) in [5.41, 5.74) is 9.80. The number of ether oxygens (including phenoxy) is 6. The van der Waals surface area contributed by atoms with Gasteiger partial charge in [-0.1, -0.05) is 45.3 Å². The third-order valence-electron chi connectivity index (χ3n) is 12.5. The smallest absolute Gasteiger partial charge is 0.408 e. The highest BCUT2D eigenvalue weighted by Crippen LogP contribution is 2.48. The molecule has 1 saturated carbocycles. The molecule has 4 aliphatic heterocycles. The van der Waals surface area contributed by atoms with Crippen molar-refractivity contribution in [1.29, 1.82) is 5.41 Å². The molecule has 1 aliphatic carbocycles. The maximum absolute atomic E-state index is 15.2. The molecule has 68 heavy (non-hydrogen) atoms. The van der Waals surface area contributed by atoms with Gasteiger partial charge in [0.1, 0.15) is 43.0 Å². The van der Waals surface area contributed by atoms with Crippen LogP contribution in [0.3, 0.4) is 0 Å². The van der Waals surface area contributed by atoms with Crippen LogP contribution in [0.15, 0.2) is 11.6 Å². The van der Waals surface area contributed by atoms with Crippen molar-refractivity contribution in [2.45, 2.75) is 151 Å². The zero-order valence-corrected chi connectivity index (χ0v) is 39.0.